The fraction of sp³-hybridized carbons (Fsp3) is 0.333. The van der Waals surface area contributed by atoms with Crippen LogP contribution in [0.1, 0.15) is 16.4 Å². The molecule has 0 aliphatic heterocycles. The Morgan fingerprint density at radius 3 is 2.82 bits per heavy atom. The number of aliphatic hydroxyl groups excluding tert-OH is 1. The first-order valence-electron chi connectivity index (χ1n) is 3.73. The Morgan fingerprint density at radius 1 is 1.36 bits per heavy atom. The highest BCUT2D eigenvalue weighted by molar-refractivity contribution is 7.80. The number of thiol groups is 1. The van der Waals surface area contributed by atoms with E-state index in [1.54, 1.807) is 0 Å². The summed E-state index contributed by atoms with van der Waals surface area (Å²) in [5.41, 5.74) is 2.42. The highest BCUT2D eigenvalue weighted by Gasteiger charge is 2.27. The Morgan fingerprint density at radius 2 is 2.09 bits per heavy atom. The molecule has 1 nitrogen and oxygen atoms in total. The van der Waals surface area contributed by atoms with Crippen molar-refractivity contribution in [3.63, 3.8) is 0 Å². The number of benzene rings is 1. The average Bonchev–Trinajstić information content (AvgIpc) is 2.30. The molecule has 1 aliphatic rings. The molecule has 1 aliphatic carbocycles. The van der Waals surface area contributed by atoms with Gasteiger partial charge in [-0.1, -0.05) is 24.3 Å². The van der Waals surface area contributed by atoms with E-state index >= 15 is 0 Å². The van der Waals surface area contributed by atoms with Crippen LogP contribution in [0.25, 0.3) is 0 Å². The van der Waals surface area contributed by atoms with Crippen LogP contribution in [0, 0.1) is 0 Å². The Hall–Kier alpha value is -0.470. The van der Waals surface area contributed by atoms with Crippen LogP contribution in [0.5, 0.6) is 0 Å². The van der Waals surface area contributed by atoms with Gasteiger partial charge in [0, 0.05) is 6.42 Å². The highest BCUT2D eigenvalue weighted by atomic mass is 32.1. The number of rotatable bonds is 0. The molecule has 0 saturated heterocycles. The number of aliphatic hydroxyl groups is 1. The van der Waals surface area contributed by atoms with Crippen LogP contribution in [0.2, 0.25) is 0 Å². The van der Waals surface area contributed by atoms with Crippen LogP contribution >= 0.6 is 12.6 Å². The predicted molar refractivity (Wildman–Crippen MR) is 47.9 cm³/mol. The Bertz CT molecular complexity index is 272. The molecule has 2 rings (SSSR count). The number of hydrogen-bond donors (Lipinski definition) is 2. The van der Waals surface area contributed by atoms with Gasteiger partial charge in [0.15, 0.2) is 0 Å². The van der Waals surface area contributed by atoms with E-state index in [0.29, 0.717) is 0 Å². The van der Waals surface area contributed by atoms with Crippen LogP contribution in [0.4, 0.5) is 0 Å². The van der Waals surface area contributed by atoms with Crippen LogP contribution in [-0.2, 0) is 6.42 Å². The molecule has 0 fully saturated rings. The van der Waals surface area contributed by atoms with E-state index in [4.69, 9.17) is 0 Å². The molecule has 2 heteroatoms. The van der Waals surface area contributed by atoms with Crippen molar-refractivity contribution >= 4 is 12.6 Å². The van der Waals surface area contributed by atoms with Crippen molar-refractivity contribution in [2.45, 2.75) is 17.8 Å². The molecule has 0 amide bonds. The SMILES string of the molecule is O[C@@H]1Cc2ccccc2[C@@H]1S. The molecule has 0 spiro atoms. The van der Waals surface area contributed by atoms with E-state index in [1.807, 2.05) is 18.2 Å². The van der Waals surface area contributed by atoms with Crippen molar-refractivity contribution in [2.24, 2.45) is 0 Å². The van der Waals surface area contributed by atoms with Crippen molar-refractivity contribution in [3.05, 3.63) is 35.4 Å². The normalized spacial score (nSPS) is 28.5. The topological polar surface area (TPSA) is 20.2 Å². The summed E-state index contributed by atoms with van der Waals surface area (Å²) in [5, 5.41) is 9.46. The third-order valence-electron chi connectivity index (χ3n) is 2.17. The number of fused-ring (bicyclic) bond motifs is 1. The summed E-state index contributed by atoms with van der Waals surface area (Å²) >= 11 is 4.32. The maximum atomic E-state index is 9.44. The monoisotopic (exact) mass is 166 g/mol. The van der Waals surface area contributed by atoms with Gasteiger partial charge in [-0.3, -0.25) is 0 Å². The van der Waals surface area contributed by atoms with Crippen molar-refractivity contribution in [2.75, 3.05) is 0 Å². The molecule has 11 heavy (non-hydrogen) atoms. The minimum atomic E-state index is -0.296. The molecule has 1 N–H and O–H groups in total. The lowest BCUT2D eigenvalue weighted by Crippen LogP contribution is -2.07. The largest absolute Gasteiger partial charge is 0.391 e. The fourth-order valence-electron chi connectivity index (χ4n) is 1.55. The lowest BCUT2D eigenvalue weighted by Gasteiger charge is -2.06. The summed E-state index contributed by atoms with van der Waals surface area (Å²) in [5.74, 6) is 0. The summed E-state index contributed by atoms with van der Waals surface area (Å²) in [7, 11) is 0. The van der Waals surface area contributed by atoms with Gasteiger partial charge in [-0.05, 0) is 11.1 Å². The van der Waals surface area contributed by atoms with E-state index < -0.39 is 0 Å². The van der Waals surface area contributed by atoms with Gasteiger partial charge in [-0.2, -0.15) is 12.6 Å². The van der Waals surface area contributed by atoms with Gasteiger partial charge in [0.25, 0.3) is 0 Å². The van der Waals surface area contributed by atoms with Crippen LogP contribution < -0.4 is 0 Å². The predicted octanol–water partition coefficient (Wildman–Crippen LogP) is 1.57. The van der Waals surface area contributed by atoms with E-state index in [2.05, 4.69) is 18.7 Å². The quantitative estimate of drug-likeness (QED) is 0.561. The minimum Gasteiger partial charge on any atom is -0.391 e. The lowest BCUT2D eigenvalue weighted by atomic mass is 10.1. The summed E-state index contributed by atoms with van der Waals surface area (Å²) in [4.78, 5) is 0. The molecule has 0 heterocycles. The number of hydrogen-bond acceptors (Lipinski definition) is 2. The molecule has 0 bridgehead atoms. The standard InChI is InChI=1S/C9H10OS/c10-8-5-6-3-1-2-4-7(6)9(8)11/h1-4,8-11H,5H2/t8-,9+/m1/s1. The fourth-order valence-corrected chi connectivity index (χ4v) is 1.91. The van der Waals surface area contributed by atoms with Gasteiger partial charge < -0.3 is 5.11 Å². The Kier molecular flexibility index (Phi) is 1.66. The van der Waals surface area contributed by atoms with Crippen LogP contribution in [-0.4, -0.2) is 11.2 Å². The average molecular weight is 166 g/mol. The zero-order valence-corrected chi connectivity index (χ0v) is 6.96. The third-order valence-corrected chi connectivity index (χ3v) is 2.79. The molecule has 1 aromatic rings. The maximum Gasteiger partial charge on any atom is 0.0737 e. The van der Waals surface area contributed by atoms with Crippen LogP contribution in [0.3, 0.4) is 0 Å². The molecule has 58 valence electrons. The zero-order chi connectivity index (χ0) is 7.84. The summed E-state index contributed by atoms with van der Waals surface area (Å²) in [6, 6.07) is 8.06. The lowest BCUT2D eigenvalue weighted by molar-refractivity contribution is 0.184. The Labute approximate surface area is 71.5 Å². The van der Waals surface area contributed by atoms with Gasteiger partial charge in [0.2, 0.25) is 0 Å². The first-order chi connectivity index (χ1) is 5.29. The third kappa shape index (κ3) is 1.06. The molecule has 0 saturated carbocycles. The van der Waals surface area contributed by atoms with Gasteiger partial charge in [0.05, 0.1) is 11.4 Å². The zero-order valence-electron chi connectivity index (χ0n) is 6.07. The molecule has 0 unspecified atom stereocenters. The first kappa shape index (κ1) is 7.19. The molecular weight excluding hydrogens is 156 g/mol. The molecule has 1 aromatic carbocycles. The van der Waals surface area contributed by atoms with Crippen molar-refractivity contribution < 1.29 is 5.11 Å². The maximum absolute atomic E-state index is 9.44. The van der Waals surface area contributed by atoms with Crippen molar-refractivity contribution in [1.29, 1.82) is 0 Å². The smallest absolute Gasteiger partial charge is 0.0737 e. The van der Waals surface area contributed by atoms with Crippen molar-refractivity contribution in [1.82, 2.24) is 0 Å². The van der Waals surface area contributed by atoms with E-state index in [0.717, 1.165) is 6.42 Å². The van der Waals surface area contributed by atoms with Crippen molar-refractivity contribution in [3.8, 4) is 0 Å². The first-order valence-corrected chi connectivity index (χ1v) is 4.24. The second-order valence-corrected chi connectivity index (χ2v) is 3.47. The van der Waals surface area contributed by atoms with Gasteiger partial charge in [-0.15, -0.1) is 0 Å². The molecule has 0 aromatic heterocycles. The molecular formula is C9H10OS. The molecule has 2 atom stereocenters. The summed E-state index contributed by atoms with van der Waals surface area (Å²) in [6.45, 7) is 0. The van der Waals surface area contributed by atoms with Gasteiger partial charge in [-0.25, -0.2) is 0 Å². The summed E-state index contributed by atoms with van der Waals surface area (Å²) < 4.78 is 0. The van der Waals surface area contributed by atoms with E-state index in [1.165, 1.54) is 11.1 Å². The molecule has 0 radical (unpaired) electrons. The minimum absolute atomic E-state index is 0.0196. The highest BCUT2D eigenvalue weighted by Crippen LogP contribution is 2.35. The van der Waals surface area contributed by atoms with Crippen LogP contribution in [0.15, 0.2) is 24.3 Å². The van der Waals surface area contributed by atoms with E-state index in [9.17, 15) is 5.11 Å². The Balaban J connectivity index is 2.47. The second-order valence-electron chi connectivity index (χ2n) is 2.92. The summed E-state index contributed by atoms with van der Waals surface area (Å²) in [6.07, 6.45) is 0.459. The van der Waals surface area contributed by atoms with Gasteiger partial charge >= 0.3 is 0 Å². The second kappa shape index (κ2) is 2.54. The van der Waals surface area contributed by atoms with E-state index in [-0.39, 0.29) is 11.4 Å². The van der Waals surface area contributed by atoms with Gasteiger partial charge in [0.1, 0.15) is 0 Å².